The van der Waals surface area contributed by atoms with Crippen molar-refractivity contribution in [3.8, 4) is 10.7 Å². The molecular formula is C13H16IN3S. The quantitative estimate of drug-likeness (QED) is 0.815. The third-order valence-corrected chi connectivity index (χ3v) is 4.81. The number of aromatic nitrogens is 2. The summed E-state index contributed by atoms with van der Waals surface area (Å²) in [4.78, 5) is 11.6. The molecule has 2 aromatic heterocycles. The Morgan fingerprint density at radius 3 is 2.67 bits per heavy atom. The zero-order valence-corrected chi connectivity index (χ0v) is 13.7. The van der Waals surface area contributed by atoms with E-state index >= 15 is 0 Å². The van der Waals surface area contributed by atoms with Crippen LogP contribution in [0.3, 0.4) is 0 Å². The maximum absolute atomic E-state index is 4.63. The molecule has 0 saturated carbocycles. The van der Waals surface area contributed by atoms with E-state index in [2.05, 4.69) is 63.9 Å². The average Bonchev–Trinajstić information content (AvgIpc) is 2.77. The lowest BCUT2D eigenvalue weighted by atomic mass is 10.3. The number of anilines is 1. The van der Waals surface area contributed by atoms with E-state index in [1.54, 1.807) is 11.3 Å². The van der Waals surface area contributed by atoms with Crippen LogP contribution in [0, 0.1) is 17.4 Å². The van der Waals surface area contributed by atoms with Gasteiger partial charge in [-0.25, -0.2) is 9.97 Å². The lowest BCUT2D eigenvalue weighted by Crippen LogP contribution is -2.07. The molecule has 0 aliphatic heterocycles. The Balaban J connectivity index is 2.40. The Kier molecular flexibility index (Phi) is 4.55. The molecule has 0 aliphatic carbocycles. The van der Waals surface area contributed by atoms with Gasteiger partial charge >= 0.3 is 0 Å². The number of nitrogens with one attached hydrogen (secondary N) is 1. The second-order valence-electron chi connectivity index (χ2n) is 4.13. The van der Waals surface area contributed by atoms with E-state index in [0.717, 1.165) is 38.7 Å². The van der Waals surface area contributed by atoms with Crippen LogP contribution in [0.25, 0.3) is 10.7 Å². The SMILES string of the molecule is CCCNc1nc(-c2ccc(C)s2)nc(C)c1I. The van der Waals surface area contributed by atoms with Crippen LogP contribution in [0.2, 0.25) is 0 Å². The van der Waals surface area contributed by atoms with E-state index in [9.17, 15) is 0 Å². The lowest BCUT2D eigenvalue weighted by molar-refractivity contribution is 0.959. The highest BCUT2D eigenvalue weighted by Gasteiger charge is 2.11. The summed E-state index contributed by atoms with van der Waals surface area (Å²) in [6, 6.07) is 4.20. The van der Waals surface area contributed by atoms with Crippen LogP contribution >= 0.6 is 33.9 Å². The maximum atomic E-state index is 4.63. The van der Waals surface area contributed by atoms with Crippen molar-refractivity contribution in [2.75, 3.05) is 11.9 Å². The molecule has 3 nitrogen and oxygen atoms in total. The molecule has 0 atom stereocenters. The van der Waals surface area contributed by atoms with Gasteiger partial charge in [-0.1, -0.05) is 6.92 Å². The molecule has 0 aromatic carbocycles. The van der Waals surface area contributed by atoms with E-state index in [1.807, 2.05) is 6.92 Å². The fraction of sp³-hybridized carbons (Fsp3) is 0.385. The second-order valence-corrected chi connectivity index (χ2v) is 6.50. The summed E-state index contributed by atoms with van der Waals surface area (Å²) >= 11 is 4.03. The minimum atomic E-state index is 0.824. The van der Waals surface area contributed by atoms with Crippen LogP contribution in [-0.4, -0.2) is 16.5 Å². The van der Waals surface area contributed by atoms with Crippen LogP contribution in [0.5, 0.6) is 0 Å². The zero-order valence-electron chi connectivity index (χ0n) is 10.7. The third kappa shape index (κ3) is 3.00. The van der Waals surface area contributed by atoms with Gasteiger partial charge in [0, 0.05) is 11.4 Å². The fourth-order valence-corrected chi connectivity index (χ4v) is 2.82. The predicted octanol–water partition coefficient (Wildman–Crippen LogP) is 4.25. The van der Waals surface area contributed by atoms with Crippen LogP contribution in [0.15, 0.2) is 12.1 Å². The summed E-state index contributed by atoms with van der Waals surface area (Å²) in [5, 5.41) is 3.37. The van der Waals surface area contributed by atoms with E-state index in [1.165, 1.54) is 4.88 Å². The molecule has 0 radical (unpaired) electrons. The molecule has 0 aliphatic rings. The van der Waals surface area contributed by atoms with Crippen molar-refractivity contribution in [3.05, 3.63) is 26.3 Å². The molecule has 2 heterocycles. The average molecular weight is 373 g/mol. The number of nitrogens with zero attached hydrogens (tertiary/aromatic N) is 2. The first-order valence-electron chi connectivity index (χ1n) is 5.96. The molecule has 0 amide bonds. The van der Waals surface area contributed by atoms with Gasteiger partial charge in [0.15, 0.2) is 5.82 Å². The van der Waals surface area contributed by atoms with Crippen molar-refractivity contribution >= 4 is 39.7 Å². The molecule has 0 fully saturated rings. The fourth-order valence-electron chi connectivity index (χ4n) is 1.58. The Morgan fingerprint density at radius 2 is 2.06 bits per heavy atom. The minimum absolute atomic E-state index is 0.824. The Bertz CT molecular complexity index is 551. The van der Waals surface area contributed by atoms with Crippen LogP contribution in [-0.2, 0) is 0 Å². The molecule has 96 valence electrons. The Morgan fingerprint density at radius 1 is 1.28 bits per heavy atom. The summed E-state index contributed by atoms with van der Waals surface area (Å²) < 4.78 is 1.11. The summed E-state index contributed by atoms with van der Waals surface area (Å²) in [7, 11) is 0. The van der Waals surface area contributed by atoms with E-state index in [4.69, 9.17) is 0 Å². The number of thiophene rings is 1. The van der Waals surface area contributed by atoms with Crippen molar-refractivity contribution in [2.24, 2.45) is 0 Å². The largest absolute Gasteiger partial charge is 0.369 e. The highest BCUT2D eigenvalue weighted by molar-refractivity contribution is 14.1. The molecule has 18 heavy (non-hydrogen) atoms. The number of hydrogen-bond acceptors (Lipinski definition) is 4. The second kappa shape index (κ2) is 5.97. The summed E-state index contributed by atoms with van der Waals surface area (Å²) in [6.45, 7) is 7.22. The maximum Gasteiger partial charge on any atom is 0.171 e. The van der Waals surface area contributed by atoms with Gasteiger partial charge in [0.05, 0.1) is 14.1 Å². The van der Waals surface area contributed by atoms with Crippen molar-refractivity contribution in [3.63, 3.8) is 0 Å². The zero-order chi connectivity index (χ0) is 13.1. The summed E-state index contributed by atoms with van der Waals surface area (Å²) in [5.74, 6) is 1.77. The van der Waals surface area contributed by atoms with Gasteiger partial charge in [-0.15, -0.1) is 11.3 Å². The minimum Gasteiger partial charge on any atom is -0.369 e. The summed E-state index contributed by atoms with van der Waals surface area (Å²) in [6.07, 6.45) is 1.09. The molecule has 2 rings (SSSR count). The lowest BCUT2D eigenvalue weighted by Gasteiger charge is -2.09. The monoisotopic (exact) mass is 373 g/mol. The highest BCUT2D eigenvalue weighted by Crippen LogP contribution is 2.28. The van der Waals surface area contributed by atoms with E-state index < -0.39 is 0 Å². The Hall–Kier alpha value is -0.690. The Labute approximate surface area is 125 Å². The van der Waals surface area contributed by atoms with Crippen molar-refractivity contribution in [1.29, 1.82) is 0 Å². The van der Waals surface area contributed by atoms with Gasteiger partial charge in [-0.05, 0) is 55.0 Å². The normalized spacial score (nSPS) is 10.7. The van der Waals surface area contributed by atoms with E-state index in [-0.39, 0.29) is 0 Å². The van der Waals surface area contributed by atoms with Gasteiger partial charge in [0.25, 0.3) is 0 Å². The molecule has 5 heteroatoms. The number of hydrogen-bond donors (Lipinski definition) is 1. The number of halogens is 1. The first-order valence-corrected chi connectivity index (χ1v) is 7.86. The topological polar surface area (TPSA) is 37.8 Å². The first kappa shape index (κ1) is 13.7. The van der Waals surface area contributed by atoms with Crippen molar-refractivity contribution in [2.45, 2.75) is 27.2 Å². The molecule has 1 N–H and O–H groups in total. The third-order valence-electron chi connectivity index (χ3n) is 2.52. The van der Waals surface area contributed by atoms with Gasteiger partial charge in [0.1, 0.15) is 5.82 Å². The number of rotatable bonds is 4. The van der Waals surface area contributed by atoms with Crippen molar-refractivity contribution in [1.82, 2.24) is 9.97 Å². The molecular weight excluding hydrogens is 357 g/mol. The standard InChI is InChI=1S/C13H16IN3S/c1-4-7-15-13-11(14)9(3)16-12(17-13)10-6-5-8(2)18-10/h5-6H,4,7H2,1-3H3,(H,15,16,17). The van der Waals surface area contributed by atoms with Gasteiger partial charge in [0.2, 0.25) is 0 Å². The highest BCUT2D eigenvalue weighted by atomic mass is 127. The van der Waals surface area contributed by atoms with Gasteiger partial charge < -0.3 is 5.32 Å². The van der Waals surface area contributed by atoms with Crippen LogP contribution in [0.4, 0.5) is 5.82 Å². The van der Waals surface area contributed by atoms with E-state index in [0.29, 0.717) is 0 Å². The smallest absolute Gasteiger partial charge is 0.171 e. The molecule has 0 bridgehead atoms. The van der Waals surface area contributed by atoms with Crippen molar-refractivity contribution < 1.29 is 0 Å². The molecule has 2 aromatic rings. The van der Waals surface area contributed by atoms with Gasteiger partial charge in [-0.2, -0.15) is 0 Å². The molecule has 0 saturated heterocycles. The van der Waals surface area contributed by atoms with Crippen LogP contribution in [0.1, 0.15) is 23.9 Å². The van der Waals surface area contributed by atoms with Gasteiger partial charge in [-0.3, -0.25) is 0 Å². The molecule has 0 spiro atoms. The molecule has 0 unspecified atom stereocenters. The van der Waals surface area contributed by atoms with Crippen LogP contribution < -0.4 is 5.32 Å². The number of aryl methyl sites for hydroxylation is 2. The predicted molar refractivity (Wildman–Crippen MR) is 86.3 cm³/mol. The summed E-state index contributed by atoms with van der Waals surface area (Å²) in [5.41, 5.74) is 1.03. The first-order chi connectivity index (χ1) is 8.61.